The van der Waals surface area contributed by atoms with Gasteiger partial charge in [-0.1, -0.05) is 0 Å². The first-order valence-electron chi connectivity index (χ1n) is 7.19. The molecule has 0 bridgehead atoms. The summed E-state index contributed by atoms with van der Waals surface area (Å²) in [7, 11) is 1.64. The van der Waals surface area contributed by atoms with Crippen LogP contribution in [-0.2, 0) is 16.1 Å². The van der Waals surface area contributed by atoms with E-state index in [1.165, 1.54) is 4.46 Å². The molecular weight excluding hydrogens is 343 g/mol. The first-order valence-corrected chi connectivity index (χ1v) is 9.26. The van der Waals surface area contributed by atoms with Gasteiger partial charge in [-0.15, -0.1) is 0 Å². The number of hydrogen-bond acceptors (Lipinski definition) is 3. The Balaban J connectivity index is 1.73. The molecule has 0 spiro atoms. The molecule has 2 aromatic carbocycles. The summed E-state index contributed by atoms with van der Waals surface area (Å²) in [6.45, 7) is 0.450. The predicted octanol–water partition coefficient (Wildman–Crippen LogP) is 2.62. The molecule has 0 aromatic heterocycles. The molecule has 116 valence electrons. The van der Waals surface area contributed by atoms with Crippen LogP contribution in [0.4, 0.5) is 0 Å². The Labute approximate surface area is 137 Å². The second-order valence-corrected chi connectivity index (χ2v) is 7.24. The third-order valence-corrected chi connectivity index (χ3v) is 5.38. The number of carbonyl (C=O) groups excluding carboxylic acids is 1. The molecule has 0 radical (unpaired) electrons. The van der Waals surface area contributed by atoms with Crippen LogP contribution in [0, 0.1) is 0 Å². The van der Waals surface area contributed by atoms with Crippen molar-refractivity contribution >= 4 is 25.7 Å². The van der Waals surface area contributed by atoms with Crippen LogP contribution in [0.1, 0.15) is 12.0 Å². The quantitative estimate of drug-likeness (QED) is 0.508. The average Bonchev–Trinajstić information content (AvgIpc) is 2.59. The summed E-state index contributed by atoms with van der Waals surface area (Å²) in [5.74, 6) is 0.821. The maximum atomic E-state index is 11.1. The standard InChI is InChI=1S/C18H20O3Se/c1-20-16-9-7-15(8-10-16)14-21-17(13-19)11-12-22-18-5-3-2-4-6-18/h2-10,13,17H,11-12,14H2,1H3/t17-/m1/s1. The summed E-state index contributed by atoms with van der Waals surface area (Å²) in [5, 5.41) is 1.00. The molecule has 0 N–H and O–H groups in total. The zero-order valence-corrected chi connectivity index (χ0v) is 14.3. The van der Waals surface area contributed by atoms with Gasteiger partial charge in [-0.3, -0.25) is 0 Å². The molecule has 0 saturated heterocycles. The Morgan fingerprint density at radius 2 is 1.82 bits per heavy atom. The van der Waals surface area contributed by atoms with Gasteiger partial charge in [0, 0.05) is 0 Å². The van der Waals surface area contributed by atoms with Crippen LogP contribution in [0.5, 0.6) is 5.75 Å². The summed E-state index contributed by atoms with van der Waals surface area (Å²) >= 11 is 0.395. The number of carbonyl (C=O) groups is 1. The van der Waals surface area contributed by atoms with E-state index in [0.29, 0.717) is 21.6 Å². The monoisotopic (exact) mass is 364 g/mol. The zero-order chi connectivity index (χ0) is 15.6. The molecule has 0 fully saturated rings. The molecule has 0 saturated carbocycles. The molecular formula is C18H20O3Se. The molecule has 0 heterocycles. The van der Waals surface area contributed by atoms with Crippen LogP contribution in [-0.4, -0.2) is 34.5 Å². The summed E-state index contributed by atoms with van der Waals surface area (Å²) in [4.78, 5) is 11.1. The summed E-state index contributed by atoms with van der Waals surface area (Å²) in [6.07, 6.45) is 1.35. The van der Waals surface area contributed by atoms with Crippen molar-refractivity contribution in [2.45, 2.75) is 24.5 Å². The molecule has 3 nitrogen and oxygen atoms in total. The van der Waals surface area contributed by atoms with Crippen LogP contribution < -0.4 is 9.20 Å². The summed E-state index contributed by atoms with van der Waals surface area (Å²) < 4.78 is 12.2. The second kappa shape index (κ2) is 9.42. The molecule has 0 aliphatic heterocycles. The van der Waals surface area contributed by atoms with Crippen molar-refractivity contribution in [2.24, 2.45) is 0 Å². The van der Waals surface area contributed by atoms with E-state index < -0.39 is 0 Å². The van der Waals surface area contributed by atoms with Crippen LogP contribution in [0.2, 0.25) is 5.32 Å². The molecule has 22 heavy (non-hydrogen) atoms. The van der Waals surface area contributed by atoms with Gasteiger partial charge in [0.15, 0.2) is 0 Å². The third-order valence-electron chi connectivity index (χ3n) is 3.19. The van der Waals surface area contributed by atoms with Gasteiger partial charge in [0.05, 0.1) is 0 Å². The van der Waals surface area contributed by atoms with E-state index in [1.54, 1.807) is 7.11 Å². The van der Waals surface area contributed by atoms with Crippen molar-refractivity contribution < 1.29 is 14.3 Å². The van der Waals surface area contributed by atoms with Crippen molar-refractivity contribution in [2.75, 3.05) is 7.11 Å². The fraction of sp³-hybridized carbons (Fsp3) is 0.278. The number of aldehydes is 1. The Bertz CT molecular complexity index is 554. The normalized spacial score (nSPS) is 11.9. The Morgan fingerprint density at radius 3 is 2.45 bits per heavy atom. The first kappa shape index (κ1) is 16.8. The fourth-order valence-corrected chi connectivity index (χ4v) is 3.89. The Hall–Kier alpha value is -1.61. The molecule has 0 aliphatic carbocycles. The van der Waals surface area contributed by atoms with Gasteiger partial charge in [0.1, 0.15) is 0 Å². The van der Waals surface area contributed by atoms with E-state index >= 15 is 0 Å². The summed E-state index contributed by atoms with van der Waals surface area (Å²) in [6, 6.07) is 18.1. The van der Waals surface area contributed by atoms with Crippen molar-refractivity contribution in [1.29, 1.82) is 0 Å². The SMILES string of the molecule is COc1ccc(CO[C@@H](C=O)CC[Se]c2ccccc2)cc1. The predicted molar refractivity (Wildman–Crippen MR) is 88.9 cm³/mol. The van der Waals surface area contributed by atoms with E-state index in [-0.39, 0.29) is 6.10 Å². The minimum atomic E-state index is -0.326. The molecule has 2 aromatic rings. The maximum absolute atomic E-state index is 11.1. The van der Waals surface area contributed by atoms with E-state index in [9.17, 15) is 4.79 Å². The van der Waals surface area contributed by atoms with Crippen molar-refractivity contribution in [3.63, 3.8) is 0 Å². The van der Waals surface area contributed by atoms with E-state index in [4.69, 9.17) is 9.47 Å². The molecule has 0 aliphatic rings. The van der Waals surface area contributed by atoms with E-state index in [0.717, 1.165) is 29.3 Å². The van der Waals surface area contributed by atoms with Crippen LogP contribution in [0.15, 0.2) is 54.6 Å². The number of rotatable bonds is 9. The van der Waals surface area contributed by atoms with Gasteiger partial charge in [-0.25, -0.2) is 0 Å². The average molecular weight is 363 g/mol. The Morgan fingerprint density at radius 1 is 1.09 bits per heavy atom. The fourth-order valence-electron chi connectivity index (χ4n) is 1.93. The molecule has 1 atom stereocenters. The van der Waals surface area contributed by atoms with Gasteiger partial charge < -0.3 is 0 Å². The Kier molecular flexibility index (Phi) is 7.17. The van der Waals surface area contributed by atoms with E-state index in [2.05, 4.69) is 24.3 Å². The minimum absolute atomic E-state index is 0.326. The van der Waals surface area contributed by atoms with Gasteiger partial charge in [0.25, 0.3) is 0 Å². The summed E-state index contributed by atoms with van der Waals surface area (Å²) in [5.41, 5.74) is 1.04. The zero-order valence-electron chi connectivity index (χ0n) is 12.6. The molecule has 2 rings (SSSR count). The number of methoxy groups -OCH3 is 1. The van der Waals surface area contributed by atoms with Gasteiger partial charge >= 0.3 is 137 Å². The van der Waals surface area contributed by atoms with Crippen LogP contribution in [0.25, 0.3) is 0 Å². The van der Waals surface area contributed by atoms with Gasteiger partial charge in [-0.2, -0.15) is 0 Å². The van der Waals surface area contributed by atoms with Crippen molar-refractivity contribution in [3.8, 4) is 5.75 Å². The first-order chi connectivity index (χ1) is 10.8. The topological polar surface area (TPSA) is 35.5 Å². The van der Waals surface area contributed by atoms with Crippen molar-refractivity contribution in [3.05, 3.63) is 60.2 Å². The van der Waals surface area contributed by atoms with E-state index in [1.807, 2.05) is 30.3 Å². The van der Waals surface area contributed by atoms with Crippen molar-refractivity contribution in [1.82, 2.24) is 0 Å². The van der Waals surface area contributed by atoms with Crippen LogP contribution in [0.3, 0.4) is 0 Å². The molecule has 4 heteroatoms. The van der Waals surface area contributed by atoms with Gasteiger partial charge in [0.2, 0.25) is 0 Å². The third kappa shape index (κ3) is 5.64. The number of hydrogen-bond donors (Lipinski definition) is 0. The van der Waals surface area contributed by atoms with Crippen LogP contribution >= 0.6 is 0 Å². The molecule has 0 unspecified atom stereocenters. The number of benzene rings is 2. The molecule has 0 amide bonds. The second-order valence-electron chi connectivity index (χ2n) is 4.78. The van der Waals surface area contributed by atoms with Gasteiger partial charge in [-0.05, 0) is 0 Å². The number of ether oxygens (including phenoxy) is 2.